The molecule has 3 atom stereocenters. The summed E-state index contributed by atoms with van der Waals surface area (Å²) < 4.78 is 5.37. The van der Waals surface area contributed by atoms with Crippen LogP contribution in [0.2, 0.25) is 0 Å². The number of hydrogen-bond donors (Lipinski definition) is 1. The quantitative estimate of drug-likeness (QED) is 0.712. The second kappa shape index (κ2) is 5.15. The average molecular weight is 226 g/mol. The van der Waals surface area contributed by atoms with Gasteiger partial charge in [-0.3, -0.25) is 4.79 Å². The largest absolute Gasteiger partial charge is 0.381 e. The van der Waals surface area contributed by atoms with E-state index in [2.05, 4.69) is 6.92 Å². The lowest BCUT2D eigenvalue weighted by Gasteiger charge is -2.37. The van der Waals surface area contributed by atoms with Gasteiger partial charge in [0.05, 0.1) is 12.5 Å². The van der Waals surface area contributed by atoms with Crippen molar-refractivity contribution >= 4 is 5.91 Å². The number of carbonyl (C=O) groups excluding carboxylic acids is 1. The van der Waals surface area contributed by atoms with Gasteiger partial charge in [0.2, 0.25) is 5.91 Å². The number of nitrogens with two attached hydrogens (primary N) is 1. The first kappa shape index (κ1) is 11.9. The van der Waals surface area contributed by atoms with Gasteiger partial charge in [-0.05, 0) is 25.2 Å². The molecule has 16 heavy (non-hydrogen) atoms. The maximum Gasteiger partial charge on any atom is 0.228 e. The Kier molecular flexibility index (Phi) is 3.82. The first-order valence-corrected chi connectivity index (χ1v) is 6.29. The molecule has 0 bridgehead atoms. The fraction of sp³-hybridized carbons (Fsp3) is 0.917. The highest BCUT2D eigenvalue weighted by atomic mass is 16.5. The van der Waals surface area contributed by atoms with Crippen molar-refractivity contribution in [2.24, 2.45) is 17.6 Å². The number of amides is 1. The topological polar surface area (TPSA) is 55.6 Å². The molecule has 0 aliphatic carbocycles. The van der Waals surface area contributed by atoms with Gasteiger partial charge in [-0.25, -0.2) is 0 Å². The molecule has 1 amide bonds. The molecule has 2 aliphatic rings. The molecule has 0 radical (unpaired) electrons. The Hall–Kier alpha value is -0.610. The van der Waals surface area contributed by atoms with Crippen molar-refractivity contribution in [1.82, 2.24) is 4.90 Å². The van der Waals surface area contributed by atoms with Crippen molar-refractivity contribution in [3.63, 3.8) is 0 Å². The standard InChI is InChI=1S/C12H22N2O2/c1-9-5-11(13)7-14(6-9)12(15)10-3-2-4-16-8-10/h9-11H,2-8,13H2,1H3. The summed E-state index contributed by atoms with van der Waals surface area (Å²) in [5, 5.41) is 0. The van der Waals surface area contributed by atoms with Crippen LogP contribution < -0.4 is 5.73 Å². The van der Waals surface area contributed by atoms with Crippen LogP contribution in [-0.4, -0.2) is 43.2 Å². The molecule has 2 fully saturated rings. The predicted octanol–water partition coefficient (Wildman–Crippen LogP) is 0.609. The van der Waals surface area contributed by atoms with Crippen LogP contribution in [0.5, 0.6) is 0 Å². The lowest BCUT2D eigenvalue weighted by Crippen LogP contribution is -2.51. The molecular formula is C12H22N2O2. The van der Waals surface area contributed by atoms with Crippen LogP contribution >= 0.6 is 0 Å². The van der Waals surface area contributed by atoms with Gasteiger partial charge in [0, 0.05) is 25.7 Å². The Balaban J connectivity index is 1.92. The van der Waals surface area contributed by atoms with Gasteiger partial charge in [-0.15, -0.1) is 0 Å². The van der Waals surface area contributed by atoms with Crippen LogP contribution in [0.3, 0.4) is 0 Å². The van der Waals surface area contributed by atoms with E-state index in [1.54, 1.807) is 0 Å². The fourth-order valence-electron chi connectivity index (χ4n) is 2.77. The smallest absolute Gasteiger partial charge is 0.228 e. The van der Waals surface area contributed by atoms with E-state index in [-0.39, 0.29) is 17.9 Å². The zero-order chi connectivity index (χ0) is 11.5. The second-order valence-electron chi connectivity index (χ2n) is 5.26. The van der Waals surface area contributed by atoms with Crippen molar-refractivity contribution in [3.8, 4) is 0 Å². The van der Waals surface area contributed by atoms with Crippen molar-refractivity contribution in [1.29, 1.82) is 0 Å². The molecule has 0 spiro atoms. The highest BCUT2D eigenvalue weighted by molar-refractivity contribution is 5.79. The van der Waals surface area contributed by atoms with Gasteiger partial charge in [0.15, 0.2) is 0 Å². The molecule has 0 aromatic heterocycles. The second-order valence-corrected chi connectivity index (χ2v) is 5.26. The molecule has 2 N–H and O–H groups in total. The van der Waals surface area contributed by atoms with Crippen molar-refractivity contribution in [2.75, 3.05) is 26.3 Å². The average Bonchev–Trinajstić information content (AvgIpc) is 2.28. The Morgan fingerprint density at radius 2 is 2.25 bits per heavy atom. The van der Waals surface area contributed by atoms with Crippen LogP contribution in [0.15, 0.2) is 0 Å². The van der Waals surface area contributed by atoms with Gasteiger partial charge >= 0.3 is 0 Å². The first-order chi connectivity index (χ1) is 7.66. The van der Waals surface area contributed by atoms with Crippen LogP contribution in [0.25, 0.3) is 0 Å². The maximum atomic E-state index is 12.2. The minimum atomic E-state index is 0.0752. The number of rotatable bonds is 1. The van der Waals surface area contributed by atoms with E-state index in [1.807, 2.05) is 4.90 Å². The van der Waals surface area contributed by atoms with Gasteiger partial charge in [-0.2, -0.15) is 0 Å². The normalized spacial score (nSPS) is 36.1. The Morgan fingerprint density at radius 3 is 2.88 bits per heavy atom. The molecule has 4 nitrogen and oxygen atoms in total. The number of likely N-dealkylation sites (tertiary alicyclic amines) is 1. The van der Waals surface area contributed by atoms with E-state index in [9.17, 15) is 4.79 Å². The molecule has 2 heterocycles. The summed E-state index contributed by atoms with van der Waals surface area (Å²) in [5.74, 6) is 0.852. The van der Waals surface area contributed by atoms with Crippen molar-refractivity contribution in [3.05, 3.63) is 0 Å². The number of nitrogens with zero attached hydrogens (tertiary/aromatic N) is 1. The lowest BCUT2D eigenvalue weighted by molar-refractivity contribution is -0.141. The summed E-state index contributed by atoms with van der Waals surface area (Å²) in [4.78, 5) is 14.2. The zero-order valence-corrected chi connectivity index (χ0v) is 10.0. The van der Waals surface area contributed by atoms with Crippen LogP contribution in [0.1, 0.15) is 26.2 Å². The van der Waals surface area contributed by atoms with E-state index < -0.39 is 0 Å². The van der Waals surface area contributed by atoms with Crippen LogP contribution in [0.4, 0.5) is 0 Å². The summed E-state index contributed by atoms with van der Waals surface area (Å²) in [6.45, 7) is 5.15. The van der Waals surface area contributed by atoms with Crippen molar-refractivity contribution in [2.45, 2.75) is 32.2 Å². The monoisotopic (exact) mass is 226 g/mol. The zero-order valence-electron chi connectivity index (χ0n) is 10.0. The minimum Gasteiger partial charge on any atom is -0.381 e. The van der Waals surface area contributed by atoms with Crippen molar-refractivity contribution < 1.29 is 9.53 Å². The fourth-order valence-corrected chi connectivity index (χ4v) is 2.77. The molecular weight excluding hydrogens is 204 g/mol. The summed E-state index contributed by atoms with van der Waals surface area (Å²) in [6, 6.07) is 0.150. The Bertz CT molecular complexity index is 241. The van der Waals surface area contributed by atoms with Crippen LogP contribution in [-0.2, 0) is 9.53 Å². The molecule has 0 aromatic rings. The number of hydrogen-bond acceptors (Lipinski definition) is 3. The van der Waals surface area contributed by atoms with Gasteiger partial charge < -0.3 is 15.4 Å². The van der Waals surface area contributed by atoms with Gasteiger partial charge in [0.25, 0.3) is 0 Å². The summed E-state index contributed by atoms with van der Waals surface area (Å²) >= 11 is 0. The predicted molar refractivity (Wildman–Crippen MR) is 61.9 cm³/mol. The van der Waals surface area contributed by atoms with Gasteiger partial charge in [0.1, 0.15) is 0 Å². The number of carbonyl (C=O) groups is 1. The summed E-state index contributed by atoms with van der Waals surface area (Å²) in [7, 11) is 0. The molecule has 2 aliphatic heterocycles. The first-order valence-electron chi connectivity index (χ1n) is 6.29. The third-order valence-corrected chi connectivity index (χ3v) is 3.51. The lowest BCUT2D eigenvalue weighted by atomic mass is 9.94. The summed E-state index contributed by atoms with van der Waals surface area (Å²) in [6.07, 6.45) is 3.01. The Morgan fingerprint density at radius 1 is 1.44 bits per heavy atom. The molecule has 92 valence electrons. The molecule has 4 heteroatoms. The SMILES string of the molecule is CC1CC(N)CN(C(=O)C2CCCOC2)C1. The maximum absolute atomic E-state index is 12.2. The van der Waals surface area contributed by atoms with E-state index in [4.69, 9.17) is 10.5 Å². The van der Waals surface area contributed by atoms with E-state index >= 15 is 0 Å². The molecule has 2 saturated heterocycles. The third-order valence-electron chi connectivity index (χ3n) is 3.51. The third kappa shape index (κ3) is 2.74. The number of piperidine rings is 1. The minimum absolute atomic E-state index is 0.0752. The van der Waals surface area contributed by atoms with Gasteiger partial charge in [-0.1, -0.05) is 6.92 Å². The number of ether oxygens (including phenoxy) is 1. The highest BCUT2D eigenvalue weighted by Crippen LogP contribution is 2.21. The highest BCUT2D eigenvalue weighted by Gasteiger charge is 2.31. The molecule has 0 aromatic carbocycles. The molecule has 3 unspecified atom stereocenters. The molecule has 2 rings (SSSR count). The van der Waals surface area contributed by atoms with Crippen LogP contribution in [0, 0.1) is 11.8 Å². The van der Waals surface area contributed by atoms with E-state index in [1.165, 1.54) is 0 Å². The molecule has 0 saturated carbocycles. The Labute approximate surface area is 97.1 Å². The summed E-state index contributed by atoms with van der Waals surface area (Å²) in [5.41, 5.74) is 5.96. The van der Waals surface area contributed by atoms with E-state index in [0.29, 0.717) is 12.5 Å². The van der Waals surface area contributed by atoms with E-state index in [0.717, 1.165) is 39.0 Å².